The molecule has 0 heterocycles. The summed E-state index contributed by atoms with van der Waals surface area (Å²) in [4.78, 5) is 21.4. The van der Waals surface area contributed by atoms with Gasteiger partial charge in [-0.05, 0) is 29.8 Å². The number of rotatable bonds is 4. The molecule has 0 spiro atoms. The molecular weight excluding hydrogens is 270 g/mol. The highest BCUT2D eigenvalue weighted by atomic mass is 31.2. The number of hydrogen-bond donors (Lipinski definition) is 0. The van der Waals surface area contributed by atoms with E-state index in [1.165, 1.54) is 12.1 Å². The van der Waals surface area contributed by atoms with Gasteiger partial charge in [-0.25, -0.2) is 4.39 Å². The van der Waals surface area contributed by atoms with Crippen molar-refractivity contribution in [2.45, 2.75) is 6.16 Å². The van der Waals surface area contributed by atoms with Gasteiger partial charge < -0.3 is 19.1 Å². The van der Waals surface area contributed by atoms with Crippen LogP contribution in [0, 0.1) is 5.82 Å². The summed E-state index contributed by atoms with van der Waals surface area (Å²) in [6, 6.07) is 12.0. The fourth-order valence-corrected chi connectivity index (χ4v) is 2.21. The summed E-state index contributed by atoms with van der Waals surface area (Å²) in [6.45, 7) is 0. The molecule has 6 heteroatoms. The molecule has 100 valence electrons. The molecule has 0 bridgehead atoms. The first kappa shape index (κ1) is 13.7. The van der Waals surface area contributed by atoms with Crippen LogP contribution in [0.3, 0.4) is 0 Å². The Hall–Kier alpha value is -1.68. The number of hydrogen-bond acceptors (Lipinski definition) is 4. The van der Waals surface area contributed by atoms with Crippen molar-refractivity contribution in [2.24, 2.45) is 0 Å². The predicted molar refractivity (Wildman–Crippen MR) is 64.2 cm³/mol. The van der Waals surface area contributed by atoms with E-state index >= 15 is 0 Å². The van der Waals surface area contributed by atoms with Crippen molar-refractivity contribution in [2.75, 3.05) is 0 Å². The minimum absolute atomic E-state index is 0.114. The molecule has 0 amide bonds. The second-order valence-corrected chi connectivity index (χ2v) is 5.49. The van der Waals surface area contributed by atoms with E-state index in [-0.39, 0.29) is 11.3 Å². The number of ether oxygens (including phenoxy) is 1. The number of halogens is 1. The Morgan fingerprint density at radius 1 is 1.11 bits per heavy atom. The van der Waals surface area contributed by atoms with Crippen LogP contribution in [0.1, 0.15) is 5.56 Å². The summed E-state index contributed by atoms with van der Waals surface area (Å²) in [5.41, 5.74) is 0.195. The van der Waals surface area contributed by atoms with Gasteiger partial charge in [-0.2, -0.15) is 0 Å². The maximum Gasteiger partial charge on any atom is 0.165 e. The molecule has 0 aliphatic rings. The zero-order valence-corrected chi connectivity index (χ0v) is 10.7. The van der Waals surface area contributed by atoms with Crippen LogP contribution in [0.5, 0.6) is 11.5 Å². The van der Waals surface area contributed by atoms with Gasteiger partial charge in [0.25, 0.3) is 0 Å². The van der Waals surface area contributed by atoms with E-state index in [0.29, 0.717) is 5.75 Å². The second kappa shape index (κ2) is 5.53. The van der Waals surface area contributed by atoms with Gasteiger partial charge in [0.15, 0.2) is 11.6 Å². The molecule has 2 aromatic rings. The van der Waals surface area contributed by atoms with Crippen molar-refractivity contribution < 1.29 is 23.5 Å². The largest absolute Gasteiger partial charge is 0.810 e. The Labute approximate surface area is 109 Å². The topological polar surface area (TPSA) is 72.4 Å². The molecule has 0 aromatic heterocycles. The van der Waals surface area contributed by atoms with E-state index in [9.17, 15) is 18.7 Å². The van der Waals surface area contributed by atoms with E-state index < -0.39 is 19.6 Å². The van der Waals surface area contributed by atoms with Gasteiger partial charge in [-0.1, -0.05) is 31.9 Å². The summed E-state index contributed by atoms with van der Waals surface area (Å²) in [7, 11) is -4.68. The van der Waals surface area contributed by atoms with Crippen molar-refractivity contribution in [1.29, 1.82) is 0 Å². The number of para-hydroxylation sites is 1. The van der Waals surface area contributed by atoms with Gasteiger partial charge in [0, 0.05) is 6.16 Å². The summed E-state index contributed by atoms with van der Waals surface area (Å²) in [5.74, 6) is -0.317. The molecule has 4 nitrogen and oxygen atoms in total. The SMILES string of the molecule is O=P([O-])([O-])Cc1ccc(F)c(Oc2ccccc2)c1. The molecule has 0 unspecified atom stereocenters. The fourth-order valence-electron chi connectivity index (χ4n) is 1.56. The molecule has 0 N–H and O–H groups in total. The maximum absolute atomic E-state index is 13.5. The summed E-state index contributed by atoms with van der Waals surface area (Å²) < 4.78 is 29.5. The van der Waals surface area contributed by atoms with Gasteiger partial charge in [0.2, 0.25) is 0 Å². The first-order valence-corrected chi connectivity index (χ1v) is 7.19. The van der Waals surface area contributed by atoms with Gasteiger partial charge in [0.1, 0.15) is 5.75 Å². The van der Waals surface area contributed by atoms with Crippen molar-refractivity contribution in [3.8, 4) is 11.5 Å². The monoisotopic (exact) mass is 280 g/mol. The molecule has 2 rings (SSSR count). The molecule has 0 aliphatic carbocycles. The number of benzene rings is 2. The van der Waals surface area contributed by atoms with Crippen LogP contribution < -0.4 is 14.5 Å². The van der Waals surface area contributed by atoms with Crippen LogP contribution in [-0.2, 0) is 10.7 Å². The lowest BCUT2D eigenvalue weighted by Gasteiger charge is -2.29. The minimum atomic E-state index is -4.68. The Morgan fingerprint density at radius 3 is 2.42 bits per heavy atom. The Bertz CT molecular complexity index is 609. The molecular formula is C13H10FO4P-2. The van der Waals surface area contributed by atoms with Crippen LogP contribution in [0.15, 0.2) is 48.5 Å². The van der Waals surface area contributed by atoms with Gasteiger partial charge >= 0.3 is 0 Å². The fraction of sp³-hybridized carbons (Fsp3) is 0.0769. The summed E-state index contributed by atoms with van der Waals surface area (Å²) in [5, 5.41) is 0. The molecule has 0 aliphatic heterocycles. The van der Waals surface area contributed by atoms with Crippen LogP contribution >= 0.6 is 7.60 Å². The van der Waals surface area contributed by atoms with Crippen LogP contribution in [0.4, 0.5) is 4.39 Å². The average Bonchev–Trinajstić information content (AvgIpc) is 2.33. The Balaban J connectivity index is 2.25. The van der Waals surface area contributed by atoms with Crippen molar-refractivity contribution in [3.63, 3.8) is 0 Å². The van der Waals surface area contributed by atoms with Crippen molar-refractivity contribution >= 4 is 7.60 Å². The normalized spacial score (nSPS) is 11.3. The highest BCUT2D eigenvalue weighted by Crippen LogP contribution is 2.32. The molecule has 0 atom stereocenters. The van der Waals surface area contributed by atoms with E-state index in [0.717, 1.165) is 6.07 Å². The van der Waals surface area contributed by atoms with Crippen molar-refractivity contribution in [3.05, 3.63) is 59.9 Å². The highest BCUT2D eigenvalue weighted by molar-refractivity contribution is 7.47. The van der Waals surface area contributed by atoms with Crippen LogP contribution in [0.25, 0.3) is 0 Å². The smallest absolute Gasteiger partial charge is 0.165 e. The van der Waals surface area contributed by atoms with Crippen molar-refractivity contribution in [1.82, 2.24) is 0 Å². The standard InChI is InChI=1S/C13H12FO4P/c14-12-7-6-10(9-19(15,16)17)8-13(12)18-11-4-2-1-3-5-11/h1-8H,9H2,(H2,15,16,17)/p-2. The zero-order chi connectivity index (χ0) is 13.9. The maximum atomic E-state index is 13.5. The van der Waals surface area contributed by atoms with E-state index in [2.05, 4.69) is 0 Å². The van der Waals surface area contributed by atoms with Gasteiger partial charge in [-0.15, -0.1) is 0 Å². The lowest BCUT2D eigenvalue weighted by molar-refractivity contribution is -0.314. The van der Waals surface area contributed by atoms with E-state index in [1.54, 1.807) is 30.3 Å². The zero-order valence-electron chi connectivity index (χ0n) is 9.78. The predicted octanol–water partition coefficient (Wildman–Crippen LogP) is 2.03. The molecule has 0 saturated heterocycles. The molecule has 0 radical (unpaired) electrons. The van der Waals surface area contributed by atoms with E-state index in [1.807, 2.05) is 0 Å². The third kappa shape index (κ3) is 4.17. The van der Waals surface area contributed by atoms with Gasteiger partial charge in [-0.3, -0.25) is 0 Å². The second-order valence-electron chi connectivity index (χ2n) is 3.95. The third-order valence-electron chi connectivity index (χ3n) is 2.34. The Kier molecular flexibility index (Phi) is 4.00. The van der Waals surface area contributed by atoms with E-state index in [4.69, 9.17) is 4.74 Å². The van der Waals surface area contributed by atoms with Crippen LogP contribution in [-0.4, -0.2) is 0 Å². The summed E-state index contributed by atoms with van der Waals surface area (Å²) in [6.07, 6.45) is -0.668. The third-order valence-corrected chi connectivity index (χ3v) is 3.10. The first-order valence-electron chi connectivity index (χ1n) is 5.46. The molecule has 0 fully saturated rings. The quantitative estimate of drug-likeness (QED) is 0.803. The van der Waals surface area contributed by atoms with Crippen LogP contribution in [0.2, 0.25) is 0 Å². The molecule has 0 saturated carbocycles. The highest BCUT2D eigenvalue weighted by Gasteiger charge is 2.07. The lowest BCUT2D eigenvalue weighted by Crippen LogP contribution is -2.15. The molecule has 2 aromatic carbocycles. The lowest BCUT2D eigenvalue weighted by atomic mass is 10.2. The summed E-state index contributed by atoms with van der Waals surface area (Å²) >= 11 is 0. The minimum Gasteiger partial charge on any atom is -0.810 e. The average molecular weight is 280 g/mol. The molecule has 19 heavy (non-hydrogen) atoms. The van der Waals surface area contributed by atoms with Gasteiger partial charge in [0.05, 0.1) is 0 Å². The first-order chi connectivity index (χ1) is 8.94. The Morgan fingerprint density at radius 2 is 1.79 bits per heavy atom.